The Bertz CT molecular complexity index is 1310. The number of likely N-dealkylation sites (tertiary alicyclic amines) is 1. The Morgan fingerprint density at radius 1 is 1.15 bits per heavy atom. The minimum absolute atomic E-state index is 0.180. The minimum atomic E-state index is -0.444. The van der Waals surface area contributed by atoms with Gasteiger partial charge >= 0.3 is 0 Å². The maximum atomic E-state index is 14.8. The molecule has 2 saturated heterocycles. The number of hydrogen-bond acceptors (Lipinski definition) is 7. The number of methoxy groups -OCH3 is 1. The SMILES string of the molecule is COc1cccc(F)c1-c1nccc2c1CN(c1cc(C)nc(N3C[C@H]4C[C@@H]3CN4C)n1)C2=O. The third-order valence-corrected chi connectivity index (χ3v) is 7.16. The van der Waals surface area contributed by atoms with Gasteiger partial charge in [0.15, 0.2) is 0 Å². The zero-order valence-electron chi connectivity index (χ0n) is 19.3. The van der Waals surface area contributed by atoms with E-state index in [1.54, 1.807) is 23.1 Å². The van der Waals surface area contributed by atoms with Crippen molar-refractivity contribution in [1.29, 1.82) is 0 Å². The maximum absolute atomic E-state index is 14.8. The van der Waals surface area contributed by atoms with E-state index >= 15 is 0 Å². The van der Waals surface area contributed by atoms with E-state index in [-0.39, 0.29) is 18.0 Å². The van der Waals surface area contributed by atoms with Crippen LogP contribution >= 0.6 is 0 Å². The summed E-state index contributed by atoms with van der Waals surface area (Å²) < 4.78 is 20.2. The molecule has 2 aromatic heterocycles. The van der Waals surface area contributed by atoms with Crippen LogP contribution < -0.4 is 14.5 Å². The number of benzene rings is 1. The maximum Gasteiger partial charge on any atom is 0.260 e. The van der Waals surface area contributed by atoms with Crippen molar-refractivity contribution < 1.29 is 13.9 Å². The van der Waals surface area contributed by atoms with Crippen LogP contribution in [-0.4, -0.2) is 65.1 Å². The Morgan fingerprint density at radius 3 is 2.74 bits per heavy atom. The molecule has 1 aromatic carbocycles. The minimum Gasteiger partial charge on any atom is -0.496 e. The molecule has 34 heavy (non-hydrogen) atoms. The molecule has 174 valence electrons. The van der Waals surface area contributed by atoms with Gasteiger partial charge in [-0.1, -0.05) is 6.07 Å². The number of nitrogens with zero attached hydrogens (tertiary/aromatic N) is 6. The second kappa shape index (κ2) is 7.73. The second-order valence-corrected chi connectivity index (χ2v) is 9.20. The number of aromatic nitrogens is 3. The number of likely N-dealkylation sites (N-methyl/N-ethyl adjacent to an activating group) is 1. The first kappa shape index (κ1) is 21.0. The average Bonchev–Trinajstić information content (AvgIpc) is 3.51. The summed E-state index contributed by atoms with van der Waals surface area (Å²) in [5.41, 5.74) is 2.63. The first-order valence-electron chi connectivity index (χ1n) is 11.4. The Balaban J connectivity index is 1.38. The fraction of sp³-hybridized carbons (Fsp3) is 0.360. The van der Waals surface area contributed by atoms with Gasteiger partial charge in [-0.15, -0.1) is 0 Å². The molecular formula is C25H25FN6O2. The predicted molar refractivity (Wildman–Crippen MR) is 126 cm³/mol. The molecule has 2 atom stereocenters. The van der Waals surface area contributed by atoms with Gasteiger partial charge in [-0.3, -0.25) is 19.6 Å². The molecular weight excluding hydrogens is 435 g/mol. The fourth-order valence-corrected chi connectivity index (χ4v) is 5.45. The number of halogens is 1. The van der Waals surface area contributed by atoms with Crippen LogP contribution in [0.3, 0.4) is 0 Å². The largest absolute Gasteiger partial charge is 0.496 e. The van der Waals surface area contributed by atoms with Gasteiger partial charge in [-0.25, -0.2) is 9.37 Å². The number of carbonyl (C=O) groups excluding carboxylic acids is 1. The zero-order chi connectivity index (χ0) is 23.6. The number of aryl methyl sites for hydroxylation is 1. The standard InChI is InChI=1S/C25H25FN6O2/c1-14-9-21(29-25(28-14)31-12-15-10-16(31)11-30(15)2)32-13-18-17(24(32)33)7-8-27-23(18)22-19(26)5-4-6-20(22)34-3/h4-9,15-16H,10-13H2,1-3H3/t15-,16-/m1/s1. The molecule has 0 N–H and O–H groups in total. The normalized spacial score (nSPS) is 21.5. The monoisotopic (exact) mass is 460 g/mol. The lowest BCUT2D eigenvalue weighted by molar-refractivity contribution is 0.0996. The van der Waals surface area contributed by atoms with E-state index in [9.17, 15) is 9.18 Å². The van der Waals surface area contributed by atoms with E-state index in [1.165, 1.54) is 19.4 Å². The van der Waals surface area contributed by atoms with Gasteiger partial charge in [-0.2, -0.15) is 4.98 Å². The molecule has 0 aliphatic carbocycles. The second-order valence-electron chi connectivity index (χ2n) is 9.20. The molecule has 8 nitrogen and oxygen atoms in total. The zero-order valence-corrected chi connectivity index (χ0v) is 19.3. The molecule has 2 bridgehead atoms. The summed E-state index contributed by atoms with van der Waals surface area (Å²) in [5, 5.41) is 0. The number of anilines is 2. The molecule has 9 heteroatoms. The van der Waals surface area contributed by atoms with Gasteiger partial charge in [-0.05, 0) is 38.6 Å². The van der Waals surface area contributed by atoms with Crippen molar-refractivity contribution in [2.45, 2.75) is 32.0 Å². The molecule has 3 aromatic rings. The van der Waals surface area contributed by atoms with Gasteiger partial charge in [0.1, 0.15) is 17.4 Å². The Labute approximate surface area is 197 Å². The van der Waals surface area contributed by atoms with E-state index < -0.39 is 5.82 Å². The van der Waals surface area contributed by atoms with Gasteiger partial charge in [0.05, 0.1) is 24.9 Å². The lowest BCUT2D eigenvalue weighted by Gasteiger charge is -2.32. The number of amides is 1. The topological polar surface area (TPSA) is 74.7 Å². The quantitative estimate of drug-likeness (QED) is 0.592. The summed E-state index contributed by atoms with van der Waals surface area (Å²) in [6.45, 7) is 4.05. The van der Waals surface area contributed by atoms with Crippen LogP contribution in [0, 0.1) is 12.7 Å². The molecule has 2 fully saturated rings. The lowest BCUT2D eigenvalue weighted by Crippen LogP contribution is -2.45. The summed E-state index contributed by atoms with van der Waals surface area (Å²) in [7, 11) is 3.65. The van der Waals surface area contributed by atoms with Crippen LogP contribution in [0.25, 0.3) is 11.3 Å². The number of pyridine rings is 1. The highest BCUT2D eigenvalue weighted by atomic mass is 19.1. The van der Waals surface area contributed by atoms with Gasteiger partial charge < -0.3 is 9.64 Å². The van der Waals surface area contributed by atoms with Crippen molar-refractivity contribution >= 4 is 17.7 Å². The highest BCUT2D eigenvalue weighted by Crippen LogP contribution is 2.39. The van der Waals surface area contributed by atoms with Crippen LogP contribution in [0.1, 0.15) is 28.0 Å². The molecule has 3 aliphatic heterocycles. The number of ether oxygens (including phenoxy) is 1. The van der Waals surface area contributed by atoms with E-state index in [4.69, 9.17) is 9.72 Å². The molecule has 3 aliphatic rings. The molecule has 0 spiro atoms. The summed E-state index contributed by atoms with van der Waals surface area (Å²) in [5.74, 6) is 0.960. The molecule has 1 amide bonds. The molecule has 5 heterocycles. The fourth-order valence-electron chi connectivity index (χ4n) is 5.45. The third-order valence-electron chi connectivity index (χ3n) is 7.16. The van der Waals surface area contributed by atoms with E-state index in [1.807, 2.05) is 13.0 Å². The van der Waals surface area contributed by atoms with Gasteiger partial charge in [0, 0.05) is 54.3 Å². The first-order chi connectivity index (χ1) is 16.4. The summed E-state index contributed by atoms with van der Waals surface area (Å²) in [6, 6.07) is 9.06. The highest BCUT2D eigenvalue weighted by Gasteiger charge is 2.43. The van der Waals surface area contributed by atoms with Crippen molar-refractivity contribution in [1.82, 2.24) is 19.9 Å². The Kier molecular flexibility index (Phi) is 4.77. The summed E-state index contributed by atoms with van der Waals surface area (Å²) >= 11 is 0. The lowest BCUT2D eigenvalue weighted by atomic mass is 10.0. The molecule has 0 saturated carbocycles. The highest BCUT2D eigenvalue weighted by molar-refractivity contribution is 6.10. The van der Waals surface area contributed by atoms with Crippen molar-refractivity contribution in [3.63, 3.8) is 0 Å². The number of fused-ring (bicyclic) bond motifs is 3. The first-order valence-corrected chi connectivity index (χ1v) is 11.4. The number of carbonyl (C=O) groups is 1. The van der Waals surface area contributed by atoms with E-state index in [2.05, 4.69) is 26.8 Å². The number of hydrogen-bond donors (Lipinski definition) is 0. The van der Waals surface area contributed by atoms with Crippen molar-refractivity contribution in [3.8, 4) is 17.0 Å². The summed E-state index contributed by atoms with van der Waals surface area (Å²) in [4.78, 5) is 33.6. The van der Waals surface area contributed by atoms with Crippen LogP contribution in [0.4, 0.5) is 16.2 Å². The van der Waals surface area contributed by atoms with Crippen LogP contribution in [0.5, 0.6) is 5.75 Å². The average molecular weight is 461 g/mol. The Hall–Kier alpha value is -3.59. The predicted octanol–water partition coefficient (Wildman–Crippen LogP) is 3.05. The van der Waals surface area contributed by atoms with Crippen molar-refractivity contribution in [3.05, 3.63) is 59.2 Å². The van der Waals surface area contributed by atoms with E-state index in [0.29, 0.717) is 46.4 Å². The van der Waals surface area contributed by atoms with Gasteiger partial charge in [0.2, 0.25) is 5.95 Å². The molecule has 0 unspecified atom stereocenters. The molecule has 0 radical (unpaired) electrons. The van der Waals surface area contributed by atoms with E-state index in [0.717, 1.165) is 25.2 Å². The number of rotatable bonds is 4. The summed E-state index contributed by atoms with van der Waals surface area (Å²) in [6.07, 6.45) is 2.65. The van der Waals surface area contributed by atoms with Gasteiger partial charge in [0.25, 0.3) is 5.91 Å². The van der Waals surface area contributed by atoms with Crippen molar-refractivity contribution in [2.75, 3.05) is 37.0 Å². The molecule has 6 rings (SSSR count). The van der Waals surface area contributed by atoms with Crippen LogP contribution in [0.2, 0.25) is 0 Å². The van der Waals surface area contributed by atoms with Crippen LogP contribution in [0.15, 0.2) is 36.5 Å². The van der Waals surface area contributed by atoms with Crippen molar-refractivity contribution in [2.24, 2.45) is 0 Å². The number of piperazine rings is 1. The Morgan fingerprint density at radius 2 is 2.00 bits per heavy atom. The smallest absolute Gasteiger partial charge is 0.260 e. The third kappa shape index (κ3) is 3.14. The van der Waals surface area contributed by atoms with Crippen LogP contribution in [-0.2, 0) is 6.54 Å².